The van der Waals surface area contributed by atoms with E-state index in [4.69, 9.17) is 15.0 Å². The fourth-order valence-corrected chi connectivity index (χ4v) is 1.66. The molecule has 2 unspecified atom stereocenters. The van der Waals surface area contributed by atoms with Gasteiger partial charge in [0.1, 0.15) is 6.54 Å². The molecule has 5 nitrogen and oxygen atoms in total. The Bertz CT molecular complexity index is 187. The van der Waals surface area contributed by atoms with Gasteiger partial charge in [0.2, 0.25) is 6.23 Å². The van der Waals surface area contributed by atoms with E-state index in [1.165, 1.54) is 0 Å². The summed E-state index contributed by atoms with van der Waals surface area (Å²) in [5.41, 5.74) is 0. The molecule has 2 N–H and O–H groups in total. The van der Waals surface area contributed by atoms with Crippen molar-refractivity contribution in [3.63, 3.8) is 0 Å². The largest absolute Gasteiger partial charge is 0.550 e. The summed E-state index contributed by atoms with van der Waals surface area (Å²) in [6.45, 7) is 7.59. The van der Waals surface area contributed by atoms with Gasteiger partial charge in [-0.25, -0.2) is 0 Å². The zero-order valence-corrected chi connectivity index (χ0v) is 8.93. The Morgan fingerprint density at radius 1 is 1.43 bits per heavy atom. The van der Waals surface area contributed by atoms with Crippen LogP contribution in [-0.4, -0.2) is 52.6 Å². The highest BCUT2D eigenvalue weighted by atomic mass is 16.4. The zero-order valence-electron chi connectivity index (χ0n) is 8.93. The first kappa shape index (κ1) is 13.4. The number of carbonyl (C=O) groups excluding carboxylic acids is 1. The van der Waals surface area contributed by atoms with E-state index in [0.717, 1.165) is 20.0 Å². The number of likely N-dealkylation sites (N-methyl/N-ethyl adjacent to an activating group) is 1. The number of carbonyl (C=O) groups is 1. The molecule has 0 amide bonds. The number of aliphatic carboxylic acids is 1. The number of likely N-dealkylation sites (tertiary alicyclic amines) is 1. The van der Waals surface area contributed by atoms with Crippen LogP contribution >= 0.6 is 0 Å². The molecule has 1 aliphatic rings. The maximum Gasteiger partial charge on any atom is 0.223 e. The number of hydrogen-bond acceptors (Lipinski definition) is 4. The maximum atomic E-state index is 9.35. The third-order valence-electron chi connectivity index (χ3n) is 2.72. The van der Waals surface area contributed by atoms with E-state index in [0.29, 0.717) is 11.0 Å². The Balaban J connectivity index is 0.000000364. The van der Waals surface area contributed by atoms with E-state index < -0.39 is 18.3 Å². The smallest absolute Gasteiger partial charge is 0.223 e. The molecule has 0 aromatic rings. The molecular formula is C9H19NO4. The average Bonchev–Trinajstić information content (AvgIpc) is 2.12. The van der Waals surface area contributed by atoms with Gasteiger partial charge < -0.3 is 20.1 Å². The second kappa shape index (κ2) is 5.29. The second-order valence-electron chi connectivity index (χ2n) is 3.51. The summed E-state index contributed by atoms with van der Waals surface area (Å²) < 4.78 is 0.668. The molecule has 0 radical (unpaired) electrons. The van der Waals surface area contributed by atoms with Crippen molar-refractivity contribution in [2.24, 2.45) is 0 Å². The summed E-state index contributed by atoms with van der Waals surface area (Å²) in [6, 6.07) is 0. The van der Waals surface area contributed by atoms with Crippen LogP contribution in [0, 0.1) is 0 Å². The molecule has 2 atom stereocenters. The molecule has 1 fully saturated rings. The summed E-state index contributed by atoms with van der Waals surface area (Å²) in [5, 5.41) is 27.3. The molecule has 0 saturated carbocycles. The van der Waals surface area contributed by atoms with Crippen molar-refractivity contribution >= 4 is 5.97 Å². The Morgan fingerprint density at radius 3 is 1.86 bits per heavy atom. The molecule has 1 aliphatic heterocycles. The van der Waals surface area contributed by atoms with Crippen molar-refractivity contribution in [1.82, 2.24) is 0 Å². The van der Waals surface area contributed by atoms with Gasteiger partial charge in [0, 0.05) is 5.97 Å². The number of quaternary nitrogens is 1. The molecule has 5 heteroatoms. The van der Waals surface area contributed by atoms with Crippen molar-refractivity contribution in [2.75, 3.05) is 19.6 Å². The second-order valence-corrected chi connectivity index (χ2v) is 3.51. The van der Waals surface area contributed by atoms with E-state index >= 15 is 0 Å². The molecule has 0 bridgehead atoms. The molecular weight excluding hydrogens is 186 g/mol. The minimum atomic E-state index is -1.08. The van der Waals surface area contributed by atoms with E-state index in [-0.39, 0.29) is 0 Å². The van der Waals surface area contributed by atoms with E-state index in [1.807, 2.05) is 13.8 Å². The third kappa shape index (κ3) is 2.94. The molecule has 0 aromatic heterocycles. The van der Waals surface area contributed by atoms with Crippen molar-refractivity contribution in [3.8, 4) is 0 Å². The number of carboxylic acid groups (broad SMARTS) is 1. The maximum absolute atomic E-state index is 9.35. The monoisotopic (exact) mass is 205 g/mol. The predicted octanol–water partition coefficient (Wildman–Crippen LogP) is -1.71. The van der Waals surface area contributed by atoms with Gasteiger partial charge in [-0.05, 0) is 20.8 Å². The molecule has 1 heterocycles. The van der Waals surface area contributed by atoms with Gasteiger partial charge in [0.25, 0.3) is 0 Å². The summed E-state index contributed by atoms with van der Waals surface area (Å²) in [6.07, 6.45) is -1.02. The molecule has 0 spiro atoms. The fourth-order valence-electron chi connectivity index (χ4n) is 1.66. The SMILES string of the molecule is CC(=O)[O-].CC[N+]1(CC)CC(O)C1O. The van der Waals surface area contributed by atoms with Crippen LogP contribution in [0.2, 0.25) is 0 Å². The fraction of sp³-hybridized carbons (Fsp3) is 0.889. The average molecular weight is 205 g/mol. The molecule has 0 aliphatic carbocycles. The summed E-state index contributed by atoms with van der Waals surface area (Å²) in [7, 11) is 0. The van der Waals surface area contributed by atoms with Crippen molar-refractivity contribution in [3.05, 3.63) is 0 Å². The van der Waals surface area contributed by atoms with E-state index in [9.17, 15) is 5.11 Å². The first-order valence-electron chi connectivity index (χ1n) is 4.79. The zero-order chi connectivity index (χ0) is 11.4. The first-order valence-corrected chi connectivity index (χ1v) is 4.79. The van der Waals surface area contributed by atoms with Gasteiger partial charge in [-0.2, -0.15) is 0 Å². The van der Waals surface area contributed by atoms with Crippen molar-refractivity contribution < 1.29 is 24.6 Å². The van der Waals surface area contributed by atoms with Gasteiger partial charge in [-0.3, -0.25) is 4.48 Å². The molecule has 0 aromatic carbocycles. The summed E-state index contributed by atoms with van der Waals surface area (Å²) >= 11 is 0. The highest BCUT2D eigenvalue weighted by Gasteiger charge is 2.50. The number of rotatable bonds is 2. The Hall–Kier alpha value is -0.650. The standard InChI is InChI=1S/C7H16NO2.C2H4O2/c1-3-8(4-2)5-6(9)7(8)10;1-2(3)4/h6-7,9-10H,3-5H2,1-2H3;1H3,(H,3,4)/q+1;/p-1. The normalized spacial score (nSPS) is 28.4. The van der Waals surface area contributed by atoms with Crippen molar-refractivity contribution in [2.45, 2.75) is 33.1 Å². The quantitative estimate of drug-likeness (QED) is 0.526. The number of aliphatic hydroxyl groups excluding tert-OH is 2. The van der Waals surface area contributed by atoms with Crippen LogP contribution < -0.4 is 5.11 Å². The molecule has 84 valence electrons. The highest BCUT2D eigenvalue weighted by molar-refractivity contribution is 5.60. The molecule has 1 saturated heterocycles. The number of hydrogen-bond donors (Lipinski definition) is 2. The van der Waals surface area contributed by atoms with Gasteiger partial charge in [0.05, 0.1) is 13.1 Å². The number of nitrogens with zero attached hydrogens (tertiary/aromatic N) is 1. The lowest BCUT2D eigenvalue weighted by atomic mass is 10.0. The van der Waals surface area contributed by atoms with Crippen LogP contribution in [0.4, 0.5) is 0 Å². The predicted molar refractivity (Wildman–Crippen MR) is 48.9 cm³/mol. The van der Waals surface area contributed by atoms with Gasteiger partial charge in [0.15, 0.2) is 6.10 Å². The lowest BCUT2D eigenvalue weighted by Gasteiger charge is -2.51. The van der Waals surface area contributed by atoms with Gasteiger partial charge in [-0.15, -0.1) is 0 Å². The Morgan fingerprint density at radius 2 is 1.79 bits per heavy atom. The Labute approximate surface area is 84.2 Å². The third-order valence-corrected chi connectivity index (χ3v) is 2.72. The van der Waals surface area contributed by atoms with Crippen LogP contribution in [0.5, 0.6) is 0 Å². The highest BCUT2D eigenvalue weighted by Crippen LogP contribution is 2.25. The van der Waals surface area contributed by atoms with Crippen molar-refractivity contribution in [1.29, 1.82) is 0 Å². The van der Waals surface area contributed by atoms with Crippen LogP contribution in [-0.2, 0) is 4.79 Å². The van der Waals surface area contributed by atoms with Gasteiger partial charge >= 0.3 is 0 Å². The Kier molecular flexibility index (Phi) is 5.04. The van der Waals surface area contributed by atoms with Crippen LogP contribution in [0.1, 0.15) is 20.8 Å². The van der Waals surface area contributed by atoms with E-state index in [1.54, 1.807) is 0 Å². The van der Waals surface area contributed by atoms with Gasteiger partial charge in [-0.1, -0.05) is 0 Å². The molecule has 14 heavy (non-hydrogen) atoms. The minimum Gasteiger partial charge on any atom is -0.550 e. The van der Waals surface area contributed by atoms with Crippen LogP contribution in [0.15, 0.2) is 0 Å². The first-order chi connectivity index (χ1) is 6.39. The van der Waals surface area contributed by atoms with Crippen LogP contribution in [0.3, 0.4) is 0 Å². The van der Waals surface area contributed by atoms with E-state index in [2.05, 4.69) is 0 Å². The lowest BCUT2D eigenvalue weighted by molar-refractivity contribution is -1.02. The topological polar surface area (TPSA) is 80.6 Å². The van der Waals surface area contributed by atoms with Crippen LogP contribution in [0.25, 0.3) is 0 Å². The molecule has 1 rings (SSSR count). The minimum absolute atomic E-state index is 0.486. The summed E-state index contributed by atoms with van der Waals surface area (Å²) in [4.78, 5) is 8.89. The number of carboxylic acids is 1. The number of aliphatic hydroxyl groups is 2. The summed E-state index contributed by atoms with van der Waals surface area (Å²) in [5.74, 6) is -1.08. The lowest BCUT2D eigenvalue weighted by Crippen LogP contribution is -2.73.